The summed E-state index contributed by atoms with van der Waals surface area (Å²) in [6.45, 7) is 10.4. The first-order chi connectivity index (χ1) is 11.2. The van der Waals surface area contributed by atoms with Crippen LogP contribution in [0, 0.1) is 0 Å². The fraction of sp³-hybridized carbons (Fsp3) is 1.00. The van der Waals surface area contributed by atoms with Crippen molar-refractivity contribution in [2.75, 3.05) is 33.7 Å². The summed E-state index contributed by atoms with van der Waals surface area (Å²) in [4.78, 5) is 2.59. The van der Waals surface area contributed by atoms with Crippen molar-refractivity contribution in [3.63, 3.8) is 0 Å². The van der Waals surface area contributed by atoms with Gasteiger partial charge in [0.15, 0.2) is 0 Å². The Bertz CT molecular complexity index is 239. The van der Waals surface area contributed by atoms with Gasteiger partial charge in [0.2, 0.25) is 0 Å². The predicted molar refractivity (Wildman–Crippen MR) is 105 cm³/mol. The Morgan fingerprint density at radius 3 is 1.74 bits per heavy atom. The fourth-order valence-electron chi connectivity index (χ4n) is 3.29. The molecule has 0 radical (unpaired) electrons. The summed E-state index contributed by atoms with van der Waals surface area (Å²) in [5, 5.41) is 7.15. The maximum Gasteiger partial charge on any atom is 0.0694 e. The quantitative estimate of drug-likeness (QED) is 0.297. The van der Waals surface area contributed by atoms with Gasteiger partial charge in [-0.2, -0.15) is 0 Å². The van der Waals surface area contributed by atoms with Crippen LogP contribution in [0.3, 0.4) is 0 Å². The van der Waals surface area contributed by atoms with Crippen molar-refractivity contribution < 1.29 is 0 Å². The van der Waals surface area contributed by atoms with Crippen LogP contribution in [-0.4, -0.2) is 44.3 Å². The van der Waals surface area contributed by atoms with Crippen LogP contribution in [0.5, 0.6) is 0 Å². The van der Waals surface area contributed by atoms with Crippen molar-refractivity contribution in [1.82, 2.24) is 15.5 Å². The van der Waals surface area contributed by atoms with Crippen LogP contribution in [0.25, 0.3) is 0 Å². The van der Waals surface area contributed by atoms with Gasteiger partial charge in [0, 0.05) is 6.54 Å². The van der Waals surface area contributed by atoms with Crippen LogP contribution in [-0.2, 0) is 0 Å². The third kappa shape index (κ3) is 11.1. The van der Waals surface area contributed by atoms with Gasteiger partial charge < -0.3 is 15.5 Å². The molecule has 0 saturated carbocycles. The summed E-state index contributed by atoms with van der Waals surface area (Å²) in [5.41, 5.74) is 0.114. The summed E-state index contributed by atoms with van der Waals surface area (Å²) < 4.78 is 0. The average molecular weight is 328 g/mol. The van der Waals surface area contributed by atoms with Gasteiger partial charge in [-0.1, -0.05) is 72.1 Å². The first-order valence-electron chi connectivity index (χ1n) is 10.3. The molecular formula is C20H45N3. The molecule has 0 bridgehead atoms. The number of unbranched alkanes of at least 4 members (excludes halogenated alkanes) is 7. The van der Waals surface area contributed by atoms with E-state index >= 15 is 0 Å². The normalized spacial score (nSPS) is 12.3. The minimum Gasteiger partial charge on any atom is -0.303 e. The van der Waals surface area contributed by atoms with Gasteiger partial charge in [-0.25, -0.2) is 0 Å². The van der Waals surface area contributed by atoms with Crippen molar-refractivity contribution in [3.05, 3.63) is 0 Å². The lowest BCUT2D eigenvalue weighted by Gasteiger charge is -2.35. The van der Waals surface area contributed by atoms with Crippen LogP contribution in [0.2, 0.25) is 0 Å². The van der Waals surface area contributed by atoms with Gasteiger partial charge in [0.1, 0.15) is 0 Å². The third-order valence-corrected chi connectivity index (χ3v) is 5.29. The average Bonchev–Trinajstić information content (AvgIpc) is 2.59. The highest BCUT2D eigenvalue weighted by Gasteiger charge is 2.25. The summed E-state index contributed by atoms with van der Waals surface area (Å²) in [6.07, 6.45) is 14.7. The molecule has 3 heteroatoms. The number of hydrogen-bond donors (Lipinski definition) is 2. The van der Waals surface area contributed by atoms with E-state index in [0.29, 0.717) is 0 Å². The zero-order valence-corrected chi connectivity index (χ0v) is 16.8. The highest BCUT2D eigenvalue weighted by atomic mass is 15.2. The Morgan fingerprint density at radius 1 is 0.652 bits per heavy atom. The summed E-state index contributed by atoms with van der Waals surface area (Å²) in [6, 6.07) is 0. The van der Waals surface area contributed by atoms with Gasteiger partial charge in [-0.3, -0.25) is 0 Å². The number of nitrogens with zero attached hydrogens (tertiary/aromatic N) is 1. The molecule has 0 aliphatic rings. The Balaban J connectivity index is 4.07. The fourth-order valence-corrected chi connectivity index (χ4v) is 3.29. The second-order valence-electron chi connectivity index (χ2n) is 6.99. The lowest BCUT2D eigenvalue weighted by Crippen LogP contribution is -2.55. The maximum absolute atomic E-state index is 3.57. The van der Waals surface area contributed by atoms with Crippen molar-refractivity contribution in [2.24, 2.45) is 0 Å². The molecule has 0 spiro atoms. The molecule has 0 atom stereocenters. The van der Waals surface area contributed by atoms with Gasteiger partial charge in [0.25, 0.3) is 0 Å². The SMILES string of the molecule is CCCCCCCCCC(CCN(CC)CCCC)(NC)NC. The molecular weight excluding hydrogens is 282 g/mol. The second-order valence-corrected chi connectivity index (χ2v) is 6.99. The Hall–Kier alpha value is -0.120. The molecule has 0 amide bonds. The van der Waals surface area contributed by atoms with Gasteiger partial charge >= 0.3 is 0 Å². The van der Waals surface area contributed by atoms with Crippen molar-refractivity contribution in [1.29, 1.82) is 0 Å². The molecule has 0 unspecified atom stereocenters. The molecule has 0 fully saturated rings. The molecule has 0 aromatic carbocycles. The molecule has 2 N–H and O–H groups in total. The van der Waals surface area contributed by atoms with E-state index in [-0.39, 0.29) is 5.66 Å². The van der Waals surface area contributed by atoms with E-state index in [2.05, 4.69) is 50.4 Å². The highest BCUT2D eigenvalue weighted by Crippen LogP contribution is 2.18. The van der Waals surface area contributed by atoms with Crippen molar-refractivity contribution in [3.8, 4) is 0 Å². The van der Waals surface area contributed by atoms with E-state index < -0.39 is 0 Å². The molecule has 3 nitrogen and oxygen atoms in total. The van der Waals surface area contributed by atoms with Crippen LogP contribution in [0.1, 0.15) is 91.4 Å². The third-order valence-electron chi connectivity index (χ3n) is 5.29. The summed E-state index contributed by atoms with van der Waals surface area (Å²) >= 11 is 0. The van der Waals surface area contributed by atoms with Crippen molar-refractivity contribution >= 4 is 0 Å². The Kier molecular flexibility index (Phi) is 15.3. The minimum atomic E-state index is 0.114. The smallest absolute Gasteiger partial charge is 0.0694 e. The molecule has 0 saturated heterocycles. The van der Waals surface area contributed by atoms with Crippen LogP contribution in [0.4, 0.5) is 0 Å². The maximum atomic E-state index is 3.57. The predicted octanol–water partition coefficient (Wildman–Crippen LogP) is 4.77. The monoisotopic (exact) mass is 327 g/mol. The van der Waals surface area contributed by atoms with Crippen LogP contribution >= 0.6 is 0 Å². The lowest BCUT2D eigenvalue weighted by molar-refractivity contribution is 0.190. The first-order valence-corrected chi connectivity index (χ1v) is 10.3. The molecule has 0 aliphatic heterocycles. The number of nitrogens with one attached hydrogen (secondary N) is 2. The van der Waals surface area contributed by atoms with Crippen LogP contribution < -0.4 is 10.6 Å². The molecule has 0 aliphatic carbocycles. The minimum absolute atomic E-state index is 0.114. The van der Waals surface area contributed by atoms with E-state index in [9.17, 15) is 0 Å². The first kappa shape index (κ1) is 22.9. The molecule has 0 aromatic heterocycles. The standard InChI is InChI=1S/C20H45N3/c1-6-9-11-12-13-14-15-16-20(21-4,22-5)17-19-23(8-3)18-10-7-2/h21-22H,6-19H2,1-5H3. The topological polar surface area (TPSA) is 27.3 Å². The Morgan fingerprint density at radius 2 is 1.22 bits per heavy atom. The molecule has 0 rings (SSSR count). The molecule has 0 heterocycles. The van der Waals surface area contributed by atoms with Crippen molar-refractivity contribution in [2.45, 2.75) is 97.1 Å². The zero-order chi connectivity index (χ0) is 17.4. The largest absolute Gasteiger partial charge is 0.303 e. The summed E-state index contributed by atoms with van der Waals surface area (Å²) in [7, 11) is 4.22. The number of rotatable bonds is 17. The zero-order valence-electron chi connectivity index (χ0n) is 16.8. The molecule has 23 heavy (non-hydrogen) atoms. The van der Waals surface area contributed by atoms with Gasteiger partial charge in [0.05, 0.1) is 5.66 Å². The van der Waals surface area contributed by atoms with Gasteiger partial charge in [-0.15, -0.1) is 0 Å². The Labute approximate surface area is 147 Å². The molecule has 0 aromatic rings. The summed E-state index contributed by atoms with van der Waals surface area (Å²) in [5.74, 6) is 0. The van der Waals surface area contributed by atoms with E-state index in [1.807, 2.05) is 0 Å². The van der Waals surface area contributed by atoms with Gasteiger partial charge in [-0.05, 0) is 46.4 Å². The van der Waals surface area contributed by atoms with E-state index in [0.717, 1.165) is 0 Å². The molecule has 140 valence electrons. The number of hydrogen-bond acceptors (Lipinski definition) is 3. The van der Waals surface area contributed by atoms with E-state index in [1.54, 1.807) is 0 Å². The van der Waals surface area contributed by atoms with E-state index in [1.165, 1.54) is 90.3 Å². The second kappa shape index (κ2) is 15.4. The van der Waals surface area contributed by atoms with Crippen LogP contribution in [0.15, 0.2) is 0 Å². The van der Waals surface area contributed by atoms with E-state index in [4.69, 9.17) is 0 Å². The lowest BCUT2D eigenvalue weighted by atomic mass is 9.96. The highest BCUT2D eigenvalue weighted by molar-refractivity contribution is 4.83.